The van der Waals surface area contributed by atoms with Crippen molar-refractivity contribution in [3.8, 4) is 6.07 Å². The number of nitrogens with one attached hydrogen (secondary N) is 1. The molecule has 66 valence electrons. The van der Waals surface area contributed by atoms with Crippen molar-refractivity contribution in [1.29, 1.82) is 5.26 Å². The third-order valence-corrected chi connectivity index (χ3v) is 1.68. The molecule has 0 saturated carbocycles. The van der Waals surface area contributed by atoms with Gasteiger partial charge in [0, 0.05) is 0 Å². The molecule has 0 atom stereocenters. The van der Waals surface area contributed by atoms with Crippen LogP contribution in [-0.2, 0) is 0 Å². The Morgan fingerprint density at radius 1 is 1.62 bits per heavy atom. The van der Waals surface area contributed by atoms with Gasteiger partial charge in [-0.3, -0.25) is 0 Å². The SMILES string of the molecule is C=CNc1cc(C)c(F)cc1C#N. The first kappa shape index (κ1) is 9.27. The van der Waals surface area contributed by atoms with Gasteiger partial charge in [0.05, 0.1) is 11.3 Å². The maximum atomic E-state index is 13.0. The number of hydrogen-bond acceptors (Lipinski definition) is 2. The third kappa shape index (κ3) is 1.85. The summed E-state index contributed by atoms with van der Waals surface area (Å²) in [6, 6.07) is 4.69. The van der Waals surface area contributed by atoms with E-state index in [4.69, 9.17) is 5.26 Å². The Balaban J connectivity index is 3.26. The highest BCUT2D eigenvalue weighted by atomic mass is 19.1. The lowest BCUT2D eigenvalue weighted by Gasteiger charge is -2.05. The van der Waals surface area contributed by atoms with E-state index in [1.165, 1.54) is 12.3 Å². The van der Waals surface area contributed by atoms with Crippen LogP contribution in [0.25, 0.3) is 0 Å². The molecule has 1 rings (SSSR count). The largest absolute Gasteiger partial charge is 0.361 e. The topological polar surface area (TPSA) is 35.8 Å². The zero-order chi connectivity index (χ0) is 9.84. The molecule has 1 aromatic rings. The van der Waals surface area contributed by atoms with Crippen LogP contribution in [0, 0.1) is 24.1 Å². The van der Waals surface area contributed by atoms with Crippen molar-refractivity contribution in [2.75, 3.05) is 5.32 Å². The number of nitrogens with zero attached hydrogens (tertiary/aromatic N) is 1. The fraction of sp³-hybridized carbons (Fsp3) is 0.100. The molecule has 1 aromatic carbocycles. The van der Waals surface area contributed by atoms with Crippen molar-refractivity contribution in [1.82, 2.24) is 0 Å². The van der Waals surface area contributed by atoms with Crippen LogP contribution in [0.15, 0.2) is 24.9 Å². The molecule has 3 heteroatoms. The lowest BCUT2D eigenvalue weighted by molar-refractivity contribution is 0.618. The lowest BCUT2D eigenvalue weighted by atomic mass is 10.1. The quantitative estimate of drug-likeness (QED) is 0.751. The summed E-state index contributed by atoms with van der Waals surface area (Å²) >= 11 is 0. The normalized spacial score (nSPS) is 9.00. The number of halogens is 1. The van der Waals surface area contributed by atoms with Gasteiger partial charge in [-0.15, -0.1) is 0 Å². The van der Waals surface area contributed by atoms with Crippen LogP contribution in [-0.4, -0.2) is 0 Å². The van der Waals surface area contributed by atoms with Gasteiger partial charge in [0.2, 0.25) is 0 Å². The van der Waals surface area contributed by atoms with E-state index >= 15 is 0 Å². The van der Waals surface area contributed by atoms with E-state index in [0.29, 0.717) is 11.3 Å². The van der Waals surface area contributed by atoms with Gasteiger partial charge in [-0.2, -0.15) is 5.26 Å². The van der Waals surface area contributed by atoms with Gasteiger partial charge in [-0.25, -0.2) is 4.39 Å². The van der Waals surface area contributed by atoms with Crippen molar-refractivity contribution in [3.05, 3.63) is 41.9 Å². The molecule has 2 nitrogen and oxygen atoms in total. The number of aryl methyl sites for hydroxylation is 1. The fourth-order valence-electron chi connectivity index (χ4n) is 1.00. The Labute approximate surface area is 76.3 Å². The predicted molar refractivity (Wildman–Crippen MR) is 49.7 cm³/mol. The predicted octanol–water partition coefficient (Wildman–Crippen LogP) is 2.56. The van der Waals surface area contributed by atoms with Crippen LogP contribution in [0.4, 0.5) is 10.1 Å². The van der Waals surface area contributed by atoms with E-state index in [-0.39, 0.29) is 11.4 Å². The Morgan fingerprint density at radius 3 is 2.85 bits per heavy atom. The van der Waals surface area contributed by atoms with Gasteiger partial charge in [-0.1, -0.05) is 6.58 Å². The molecule has 13 heavy (non-hydrogen) atoms. The number of nitriles is 1. The maximum absolute atomic E-state index is 13.0. The first-order valence-electron chi connectivity index (χ1n) is 3.76. The Kier molecular flexibility index (Phi) is 2.65. The highest BCUT2D eigenvalue weighted by Crippen LogP contribution is 2.19. The summed E-state index contributed by atoms with van der Waals surface area (Å²) in [7, 11) is 0. The summed E-state index contributed by atoms with van der Waals surface area (Å²) in [6.45, 7) is 5.11. The van der Waals surface area contributed by atoms with Crippen molar-refractivity contribution >= 4 is 5.69 Å². The van der Waals surface area contributed by atoms with Crippen LogP contribution >= 0.6 is 0 Å². The van der Waals surface area contributed by atoms with Crippen molar-refractivity contribution in [2.24, 2.45) is 0 Å². The van der Waals surface area contributed by atoms with Crippen LogP contribution in [0.1, 0.15) is 11.1 Å². The molecule has 0 aliphatic rings. The fourth-order valence-corrected chi connectivity index (χ4v) is 1.00. The summed E-state index contributed by atoms with van der Waals surface area (Å²) in [4.78, 5) is 0. The maximum Gasteiger partial charge on any atom is 0.127 e. The molecule has 0 aliphatic carbocycles. The van der Waals surface area contributed by atoms with Crippen LogP contribution in [0.3, 0.4) is 0 Å². The van der Waals surface area contributed by atoms with E-state index in [0.717, 1.165) is 0 Å². The number of hydrogen-bond donors (Lipinski definition) is 1. The highest BCUT2D eigenvalue weighted by Gasteiger charge is 2.05. The average molecular weight is 176 g/mol. The van der Waals surface area contributed by atoms with Crippen LogP contribution < -0.4 is 5.32 Å². The van der Waals surface area contributed by atoms with Crippen LogP contribution in [0.5, 0.6) is 0 Å². The van der Waals surface area contributed by atoms with E-state index in [9.17, 15) is 4.39 Å². The zero-order valence-electron chi connectivity index (χ0n) is 7.26. The summed E-state index contributed by atoms with van der Waals surface area (Å²) in [5.74, 6) is -0.369. The van der Waals surface area contributed by atoms with E-state index in [2.05, 4.69) is 11.9 Å². The number of benzene rings is 1. The Morgan fingerprint density at radius 2 is 2.31 bits per heavy atom. The zero-order valence-corrected chi connectivity index (χ0v) is 7.26. The molecule has 0 heterocycles. The molecule has 0 aromatic heterocycles. The van der Waals surface area contributed by atoms with Gasteiger partial charge < -0.3 is 5.32 Å². The molecule has 0 unspecified atom stereocenters. The molecule has 0 aliphatic heterocycles. The number of anilines is 1. The second-order valence-corrected chi connectivity index (χ2v) is 2.61. The minimum atomic E-state index is -0.369. The van der Waals surface area contributed by atoms with E-state index < -0.39 is 0 Å². The molecular weight excluding hydrogens is 167 g/mol. The lowest BCUT2D eigenvalue weighted by Crippen LogP contribution is -1.94. The van der Waals surface area contributed by atoms with Crippen molar-refractivity contribution in [3.63, 3.8) is 0 Å². The van der Waals surface area contributed by atoms with Crippen molar-refractivity contribution < 1.29 is 4.39 Å². The van der Waals surface area contributed by atoms with E-state index in [1.807, 2.05) is 6.07 Å². The third-order valence-electron chi connectivity index (χ3n) is 1.68. The molecule has 0 bridgehead atoms. The summed E-state index contributed by atoms with van der Waals surface area (Å²) in [5, 5.41) is 11.4. The summed E-state index contributed by atoms with van der Waals surface area (Å²) in [5.41, 5.74) is 1.36. The Bertz CT molecular complexity index is 377. The molecule has 0 amide bonds. The first-order valence-corrected chi connectivity index (χ1v) is 3.76. The molecule has 0 saturated heterocycles. The second-order valence-electron chi connectivity index (χ2n) is 2.61. The molecule has 0 fully saturated rings. The smallest absolute Gasteiger partial charge is 0.127 e. The summed E-state index contributed by atoms with van der Waals surface area (Å²) in [6.07, 6.45) is 1.45. The average Bonchev–Trinajstić information content (AvgIpc) is 2.11. The highest BCUT2D eigenvalue weighted by molar-refractivity contribution is 5.60. The molecule has 0 spiro atoms. The van der Waals surface area contributed by atoms with Crippen molar-refractivity contribution in [2.45, 2.75) is 6.92 Å². The minimum Gasteiger partial charge on any atom is -0.361 e. The minimum absolute atomic E-state index is 0.281. The van der Waals surface area contributed by atoms with Gasteiger partial charge in [0.1, 0.15) is 11.9 Å². The first-order chi connectivity index (χ1) is 6.19. The molecule has 1 N–H and O–H groups in total. The second kappa shape index (κ2) is 3.72. The molecule has 0 radical (unpaired) electrons. The number of rotatable bonds is 2. The van der Waals surface area contributed by atoms with E-state index in [1.54, 1.807) is 13.0 Å². The summed E-state index contributed by atoms with van der Waals surface area (Å²) < 4.78 is 13.0. The molecular formula is C10H9FN2. The van der Waals surface area contributed by atoms with Gasteiger partial charge in [0.25, 0.3) is 0 Å². The van der Waals surface area contributed by atoms with Gasteiger partial charge in [0.15, 0.2) is 0 Å². The van der Waals surface area contributed by atoms with Gasteiger partial charge >= 0.3 is 0 Å². The van der Waals surface area contributed by atoms with Gasteiger partial charge in [-0.05, 0) is 30.8 Å². The monoisotopic (exact) mass is 176 g/mol. The standard InChI is InChI=1S/C10H9FN2/c1-3-13-10-4-7(2)9(11)5-8(10)6-12/h3-5,13H,1H2,2H3. The Hall–Kier alpha value is -1.82. The van der Waals surface area contributed by atoms with Crippen LogP contribution in [0.2, 0.25) is 0 Å².